The second kappa shape index (κ2) is 8.93. The molecular weight excluding hydrogens is 300 g/mol. The highest BCUT2D eigenvalue weighted by Gasteiger charge is 2.18. The Morgan fingerprint density at radius 1 is 1.38 bits per heavy atom. The first-order chi connectivity index (χ1) is 9.43. The van der Waals surface area contributed by atoms with Gasteiger partial charge in [-0.2, -0.15) is 0 Å². The molecule has 9 nitrogen and oxygen atoms in total. The van der Waals surface area contributed by atoms with E-state index in [0.29, 0.717) is 24.3 Å². The van der Waals surface area contributed by atoms with E-state index in [-0.39, 0.29) is 24.9 Å². The van der Waals surface area contributed by atoms with E-state index in [9.17, 15) is 14.9 Å². The molecule has 5 N–H and O–H groups in total. The van der Waals surface area contributed by atoms with Gasteiger partial charge in [0.2, 0.25) is 5.91 Å². The van der Waals surface area contributed by atoms with Crippen LogP contribution in [0.5, 0.6) is 0 Å². The summed E-state index contributed by atoms with van der Waals surface area (Å²) in [7, 11) is 0. The van der Waals surface area contributed by atoms with Gasteiger partial charge in [0.15, 0.2) is 5.03 Å². The van der Waals surface area contributed by atoms with Gasteiger partial charge in [-0.3, -0.25) is 14.8 Å². The topological polar surface area (TPSA) is 144 Å². The lowest BCUT2D eigenvalue weighted by Crippen LogP contribution is -2.41. The summed E-state index contributed by atoms with van der Waals surface area (Å²) in [6.45, 7) is 0.0206. The molecule has 21 heavy (non-hydrogen) atoms. The third-order valence-corrected chi connectivity index (χ3v) is 2.79. The summed E-state index contributed by atoms with van der Waals surface area (Å²) in [5.41, 5.74) is 10.8. The van der Waals surface area contributed by atoms with Gasteiger partial charge < -0.3 is 11.5 Å². The average molecular weight is 319 g/mol. The molecule has 0 aliphatic rings. The largest absolute Gasteiger partial charge is 0.365 e. The van der Waals surface area contributed by atoms with Crippen LogP contribution in [0.3, 0.4) is 0 Å². The fourth-order valence-electron chi connectivity index (χ4n) is 1.71. The summed E-state index contributed by atoms with van der Waals surface area (Å²) in [4.78, 5) is 22.4. The second-order valence-electron chi connectivity index (χ2n) is 4.28. The van der Waals surface area contributed by atoms with Crippen LogP contribution in [0.25, 0.3) is 0 Å². The molecule has 1 rings (SSSR count). The molecular formula is C11H19ClN6O3. The van der Waals surface area contributed by atoms with Crippen LogP contribution < -0.4 is 11.5 Å². The number of rotatable bonds is 7. The molecule has 0 aromatic carbocycles. The van der Waals surface area contributed by atoms with Crippen molar-refractivity contribution in [3.63, 3.8) is 0 Å². The Morgan fingerprint density at radius 2 is 1.95 bits per heavy atom. The number of carbonyl (C=O) groups excluding carboxylic acids is 1. The number of nitrogens with zero attached hydrogens (tertiary/aromatic N) is 3. The fraction of sp³-hybridized carbons (Fsp3) is 0.455. The Balaban J connectivity index is 0.00000400. The fourth-order valence-corrected chi connectivity index (χ4v) is 1.71. The Kier molecular flexibility index (Phi) is 8.02. The van der Waals surface area contributed by atoms with Crippen LogP contribution in [0.1, 0.15) is 24.1 Å². The molecule has 1 atom stereocenters. The molecule has 0 bridgehead atoms. The summed E-state index contributed by atoms with van der Waals surface area (Å²) in [6, 6.07) is 2.81. The number of hydrogen-bond donors (Lipinski definition) is 3. The lowest BCUT2D eigenvalue weighted by Gasteiger charge is -2.13. The summed E-state index contributed by atoms with van der Waals surface area (Å²) < 4.78 is 1.41. The lowest BCUT2D eigenvalue weighted by molar-refractivity contribution is -0.629. The van der Waals surface area contributed by atoms with Crippen molar-refractivity contribution in [1.82, 2.24) is 9.58 Å². The maximum atomic E-state index is 11.8. The van der Waals surface area contributed by atoms with Crippen molar-refractivity contribution in [3.8, 4) is 0 Å². The Bertz CT molecular complexity index is 464. The van der Waals surface area contributed by atoms with Crippen LogP contribution in [0, 0.1) is 15.5 Å². The van der Waals surface area contributed by atoms with Crippen LogP contribution in [-0.2, 0) is 0 Å². The molecule has 10 heteroatoms. The maximum absolute atomic E-state index is 11.8. The Hall–Kier alpha value is -2.13. The minimum Gasteiger partial charge on any atom is -0.365 e. The number of hydrogen-bond acceptors (Lipinski definition) is 5. The van der Waals surface area contributed by atoms with Gasteiger partial charge in [-0.15, -0.1) is 12.4 Å². The smallest absolute Gasteiger partial charge is 0.251 e. The number of nitrogens with one attached hydrogen (secondary N) is 1. The standard InChI is InChI=1S/C11H18N6O3.ClH/c12-9(10(18)15-6-3-4-7-15)5-1-2-8-16(11(13)14)17(19)20;/h3-4,6-7,9H,1-2,5,8,12H2,(H3,13,14);1H/t9-;/m0./s1. The molecule has 1 aromatic heterocycles. The van der Waals surface area contributed by atoms with Gasteiger partial charge in [0.25, 0.3) is 5.96 Å². The van der Waals surface area contributed by atoms with E-state index in [2.05, 4.69) is 0 Å². The number of nitrogens with two attached hydrogens (primary N) is 2. The number of unbranched alkanes of at least 4 members (excludes halogenated alkanes) is 1. The molecule has 1 heterocycles. The Morgan fingerprint density at radius 3 is 2.43 bits per heavy atom. The molecule has 0 radical (unpaired) electrons. The van der Waals surface area contributed by atoms with Crippen molar-refractivity contribution in [2.24, 2.45) is 11.5 Å². The van der Waals surface area contributed by atoms with Gasteiger partial charge in [-0.05, 0) is 31.4 Å². The first-order valence-electron chi connectivity index (χ1n) is 6.12. The molecule has 0 amide bonds. The predicted octanol–water partition coefficient (Wildman–Crippen LogP) is 0.435. The summed E-state index contributed by atoms with van der Waals surface area (Å²) in [5, 5.41) is 17.4. The Labute approximate surface area is 127 Å². The van der Waals surface area contributed by atoms with Crippen LogP contribution in [0.2, 0.25) is 0 Å². The van der Waals surface area contributed by atoms with Crippen LogP contribution >= 0.6 is 12.4 Å². The molecule has 1 aromatic rings. The van der Waals surface area contributed by atoms with Gasteiger partial charge in [0, 0.05) is 12.4 Å². The van der Waals surface area contributed by atoms with Crippen molar-refractivity contribution in [3.05, 3.63) is 34.6 Å². The van der Waals surface area contributed by atoms with Gasteiger partial charge in [-0.1, -0.05) is 5.01 Å². The minimum absolute atomic E-state index is 0. The van der Waals surface area contributed by atoms with Gasteiger partial charge in [-0.25, -0.2) is 10.1 Å². The SMILES string of the molecule is Cl.N=C(N)N(CCCC[C@H](N)C(=O)n1cccc1)[N+](=O)[O-]. The quantitative estimate of drug-likeness (QED) is 0.219. The van der Waals surface area contributed by atoms with Crippen LogP contribution in [0.4, 0.5) is 0 Å². The highest BCUT2D eigenvalue weighted by Crippen LogP contribution is 2.04. The molecule has 0 aliphatic heterocycles. The van der Waals surface area contributed by atoms with Crippen molar-refractivity contribution in [2.45, 2.75) is 25.3 Å². The number of hydrazine groups is 1. The number of nitro groups is 1. The highest BCUT2D eigenvalue weighted by atomic mass is 35.5. The van der Waals surface area contributed by atoms with Crippen molar-refractivity contribution in [1.29, 1.82) is 5.41 Å². The molecule has 0 fully saturated rings. The van der Waals surface area contributed by atoms with Crippen molar-refractivity contribution in [2.75, 3.05) is 6.54 Å². The van der Waals surface area contributed by atoms with Gasteiger partial charge in [0.05, 0.1) is 12.6 Å². The maximum Gasteiger partial charge on any atom is 0.251 e. The van der Waals surface area contributed by atoms with Gasteiger partial charge in [0.1, 0.15) is 0 Å². The first-order valence-corrected chi connectivity index (χ1v) is 6.12. The zero-order chi connectivity index (χ0) is 15.1. The summed E-state index contributed by atoms with van der Waals surface area (Å²) in [6.07, 6.45) is 4.61. The zero-order valence-electron chi connectivity index (χ0n) is 11.3. The predicted molar refractivity (Wildman–Crippen MR) is 79.7 cm³/mol. The molecule has 118 valence electrons. The third kappa shape index (κ3) is 5.79. The second-order valence-corrected chi connectivity index (χ2v) is 4.28. The zero-order valence-corrected chi connectivity index (χ0v) is 12.2. The van der Waals surface area contributed by atoms with Crippen LogP contribution in [0.15, 0.2) is 24.5 Å². The summed E-state index contributed by atoms with van der Waals surface area (Å²) in [5.74, 6) is -0.824. The number of halogens is 1. The van der Waals surface area contributed by atoms with E-state index in [1.54, 1.807) is 24.5 Å². The van der Waals surface area contributed by atoms with E-state index in [1.165, 1.54) is 4.57 Å². The lowest BCUT2D eigenvalue weighted by atomic mass is 10.1. The van der Waals surface area contributed by atoms with Gasteiger partial charge >= 0.3 is 0 Å². The number of carbonyl (C=O) groups is 1. The monoisotopic (exact) mass is 318 g/mol. The highest BCUT2D eigenvalue weighted by molar-refractivity contribution is 5.85. The first kappa shape index (κ1) is 18.9. The summed E-state index contributed by atoms with van der Waals surface area (Å²) >= 11 is 0. The van der Waals surface area contributed by atoms with E-state index < -0.39 is 17.0 Å². The molecule has 0 unspecified atom stereocenters. The average Bonchev–Trinajstić information content (AvgIpc) is 2.90. The normalized spacial score (nSPS) is 11.3. The number of aromatic nitrogens is 1. The van der Waals surface area contributed by atoms with E-state index >= 15 is 0 Å². The third-order valence-electron chi connectivity index (χ3n) is 2.79. The van der Waals surface area contributed by atoms with Crippen LogP contribution in [-0.4, -0.2) is 39.1 Å². The van der Waals surface area contributed by atoms with E-state index in [0.717, 1.165) is 0 Å². The molecule has 0 saturated heterocycles. The van der Waals surface area contributed by atoms with Crippen molar-refractivity contribution < 1.29 is 9.83 Å². The minimum atomic E-state index is -0.729. The molecule has 0 saturated carbocycles. The van der Waals surface area contributed by atoms with E-state index in [4.69, 9.17) is 16.9 Å². The van der Waals surface area contributed by atoms with E-state index in [1.807, 2.05) is 0 Å². The molecule has 0 aliphatic carbocycles. The molecule has 0 spiro atoms. The van der Waals surface area contributed by atoms with Crippen molar-refractivity contribution >= 4 is 24.3 Å². The number of guanidine groups is 1.